The van der Waals surface area contributed by atoms with Crippen molar-refractivity contribution in [1.29, 1.82) is 0 Å². The minimum absolute atomic E-state index is 0.711. The van der Waals surface area contributed by atoms with E-state index in [2.05, 4.69) is 36.2 Å². The molecule has 0 aliphatic heterocycles. The van der Waals surface area contributed by atoms with Gasteiger partial charge in [0.1, 0.15) is 0 Å². The normalized spacial score (nSPS) is 18.3. The summed E-state index contributed by atoms with van der Waals surface area (Å²) in [6.45, 7) is 6.68. The summed E-state index contributed by atoms with van der Waals surface area (Å²) >= 11 is 6.57. The van der Waals surface area contributed by atoms with Crippen molar-refractivity contribution in [2.45, 2.75) is 64.6 Å². The van der Waals surface area contributed by atoms with Crippen molar-refractivity contribution in [2.75, 3.05) is 11.4 Å². The van der Waals surface area contributed by atoms with Crippen LogP contribution < -0.4 is 10.2 Å². The number of nitrogens with one attached hydrogen (secondary N) is 1. The fourth-order valence-electron chi connectivity index (χ4n) is 2.83. The van der Waals surface area contributed by atoms with Gasteiger partial charge in [0.15, 0.2) is 0 Å². The van der Waals surface area contributed by atoms with Crippen molar-refractivity contribution in [1.82, 2.24) is 5.32 Å². The van der Waals surface area contributed by atoms with Crippen LogP contribution in [0.2, 0.25) is 5.02 Å². The van der Waals surface area contributed by atoms with E-state index >= 15 is 0 Å². The Morgan fingerprint density at radius 1 is 1.24 bits per heavy atom. The molecule has 0 heterocycles. The maximum absolute atomic E-state index is 6.57. The Labute approximate surface area is 133 Å². The minimum atomic E-state index is 0.711. The summed E-state index contributed by atoms with van der Waals surface area (Å²) < 4.78 is 0. The smallest absolute Gasteiger partial charge is 0.0643 e. The minimum Gasteiger partial charge on any atom is -0.367 e. The van der Waals surface area contributed by atoms with Crippen LogP contribution in [0.15, 0.2) is 18.2 Å². The van der Waals surface area contributed by atoms with Gasteiger partial charge in [-0.3, -0.25) is 0 Å². The molecule has 0 atom stereocenters. The second kappa shape index (κ2) is 6.58. The monoisotopic (exact) mass is 306 g/mol. The second-order valence-corrected chi connectivity index (χ2v) is 7.42. The molecule has 1 N–H and O–H groups in total. The lowest BCUT2D eigenvalue weighted by atomic mass is 10.1. The molecule has 3 heteroatoms. The zero-order chi connectivity index (χ0) is 14.8. The van der Waals surface area contributed by atoms with Crippen molar-refractivity contribution in [2.24, 2.45) is 5.92 Å². The molecule has 3 rings (SSSR count). The van der Waals surface area contributed by atoms with Gasteiger partial charge in [-0.1, -0.05) is 37.6 Å². The number of para-hydroxylation sites is 1. The predicted octanol–water partition coefficient (Wildman–Crippen LogP) is 4.61. The zero-order valence-electron chi connectivity index (χ0n) is 13.2. The van der Waals surface area contributed by atoms with Crippen LogP contribution in [-0.2, 0) is 6.54 Å². The van der Waals surface area contributed by atoms with E-state index in [1.54, 1.807) is 0 Å². The average molecular weight is 307 g/mol. The molecule has 0 unspecified atom stereocenters. The molecule has 2 aliphatic rings. The summed E-state index contributed by atoms with van der Waals surface area (Å²) in [5, 5.41) is 4.55. The molecule has 0 saturated heterocycles. The topological polar surface area (TPSA) is 15.3 Å². The van der Waals surface area contributed by atoms with Gasteiger partial charge < -0.3 is 10.2 Å². The Morgan fingerprint density at radius 3 is 2.62 bits per heavy atom. The molecule has 0 aromatic heterocycles. The van der Waals surface area contributed by atoms with Gasteiger partial charge in [0.25, 0.3) is 0 Å². The van der Waals surface area contributed by atoms with Gasteiger partial charge in [-0.2, -0.15) is 0 Å². The van der Waals surface area contributed by atoms with Gasteiger partial charge in [-0.25, -0.2) is 0 Å². The Kier molecular flexibility index (Phi) is 4.75. The molecule has 0 bridgehead atoms. The van der Waals surface area contributed by atoms with Crippen molar-refractivity contribution >= 4 is 17.3 Å². The maximum atomic E-state index is 6.57. The Hall–Kier alpha value is -0.730. The van der Waals surface area contributed by atoms with E-state index in [1.165, 1.54) is 43.4 Å². The van der Waals surface area contributed by atoms with Crippen LogP contribution >= 0.6 is 11.6 Å². The molecule has 0 amide bonds. The van der Waals surface area contributed by atoms with E-state index in [9.17, 15) is 0 Å². The van der Waals surface area contributed by atoms with Crippen molar-refractivity contribution < 1.29 is 0 Å². The van der Waals surface area contributed by atoms with E-state index in [-0.39, 0.29) is 0 Å². The number of hydrogen-bond acceptors (Lipinski definition) is 2. The molecular formula is C18H27ClN2. The van der Waals surface area contributed by atoms with Crippen molar-refractivity contribution in [3.05, 3.63) is 28.8 Å². The van der Waals surface area contributed by atoms with Crippen LogP contribution in [0, 0.1) is 5.92 Å². The molecule has 2 nitrogen and oxygen atoms in total. The SMILES string of the molecule is CC(C)CCN(c1c(Cl)cccc1CNC1CC1)C1CC1. The third kappa shape index (κ3) is 4.14. The van der Waals surface area contributed by atoms with E-state index < -0.39 is 0 Å². The molecule has 21 heavy (non-hydrogen) atoms. The molecular weight excluding hydrogens is 280 g/mol. The van der Waals surface area contributed by atoms with Gasteiger partial charge >= 0.3 is 0 Å². The van der Waals surface area contributed by atoms with Crippen LogP contribution in [-0.4, -0.2) is 18.6 Å². The van der Waals surface area contributed by atoms with Crippen LogP contribution in [0.5, 0.6) is 0 Å². The van der Waals surface area contributed by atoms with E-state index in [1.807, 2.05) is 6.07 Å². The fourth-order valence-corrected chi connectivity index (χ4v) is 3.13. The highest BCUT2D eigenvalue weighted by molar-refractivity contribution is 6.33. The van der Waals surface area contributed by atoms with E-state index in [0.29, 0.717) is 6.04 Å². The summed E-state index contributed by atoms with van der Waals surface area (Å²) in [5.41, 5.74) is 2.65. The summed E-state index contributed by atoms with van der Waals surface area (Å²) in [7, 11) is 0. The highest BCUT2D eigenvalue weighted by Gasteiger charge is 2.31. The van der Waals surface area contributed by atoms with Gasteiger partial charge in [0.2, 0.25) is 0 Å². The molecule has 0 spiro atoms. The van der Waals surface area contributed by atoms with Crippen LogP contribution in [0.25, 0.3) is 0 Å². The summed E-state index contributed by atoms with van der Waals surface area (Å²) in [6, 6.07) is 7.82. The Bertz CT molecular complexity index is 478. The van der Waals surface area contributed by atoms with Crippen molar-refractivity contribution in [3.8, 4) is 0 Å². The summed E-state index contributed by atoms with van der Waals surface area (Å²) in [4.78, 5) is 2.58. The molecule has 2 fully saturated rings. The number of halogens is 1. The summed E-state index contributed by atoms with van der Waals surface area (Å²) in [5.74, 6) is 0.738. The third-order valence-corrected chi connectivity index (χ3v) is 4.76. The molecule has 1 aromatic rings. The molecule has 2 aliphatic carbocycles. The molecule has 0 radical (unpaired) electrons. The molecule has 2 saturated carbocycles. The standard InChI is InChI=1S/C18H27ClN2/c1-13(2)10-11-21(16-8-9-16)18-14(4-3-5-17(18)19)12-20-15-6-7-15/h3-5,13,15-16,20H,6-12H2,1-2H3. The Morgan fingerprint density at radius 2 is 2.00 bits per heavy atom. The molecule has 116 valence electrons. The van der Waals surface area contributed by atoms with Crippen LogP contribution in [0.4, 0.5) is 5.69 Å². The van der Waals surface area contributed by atoms with Gasteiger partial charge in [0, 0.05) is 25.2 Å². The van der Waals surface area contributed by atoms with Crippen LogP contribution in [0.3, 0.4) is 0 Å². The first-order valence-corrected chi connectivity index (χ1v) is 8.80. The fraction of sp³-hybridized carbons (Fsp3) is 0.667. The first-order valence-electron chi connectivity index (χ1n) is 8.42. The molecule has 1 aromatic carbocycles. The largest absolute Gasteiger partial charge is 0.367 e. The van der Waals surface area contributed by atoms with E-state index in [0.717, 1.165) is 30.1 Å². The average Bonchev–Trinajstić information content (AvgIpc) is 3.32. The first-order chi connectivity index (χ1) is 10.1. The second-order valence-electron chi connectivity index (χ2n) is 7.01. The number of nitrogens with zero attached hydrogens (tertiary/aromatic N) is 1. The lowest BCUT2D eigenvalue weighted by Gasteiger charge is -2.29. The Balaban J connectivity index is 1.78. The quantitative estimate of drug-likeness (QED) is 0.754. The lowest BCUT2D eigenvalue weighted by molar-refractivity contribution is 0.569. The first kappa shape index (κ1) is 15.2. The lowest BCUT2D eigenvalue weighted by Crippen LogP contribution is -2.30. The highest BCUT2D eigenvalue weighted by atomic mass is 35.5. The predicted molar refractivity (Wildman–Crippen MR) is 91.1 cm³/mol. The number of anilines is 1. The van der Waals surface area contributed by atoms with Gasteiger partial charge in [0.05, 0.1) is 10.7 Å². The number of benzene rings is 1. The van der Waals surface area contributed by atoms with Gasteiger partial charge in [-0.15, -0.1) is 0 Å². The van der Waals surface area contributed by atoms with Crippen molar-refractivity contribution in [3.63, 3.8) is 0 Å². The maximum Gasteiger partial charge on any atom is 0.0643 e. The van der Waals surface area contributed by atoms with Gasteiger partial charge in [-0.05, 0) is 49.7 Å². The third-order valence-electron chi connectivity index (χ3n) is 4.45. The highest BCUT2D eigenvalue weighted by Crippen LogP contribution is 2.38. The zero-order valence-corrected chi connectivity index (χ0v) is 14.0. The number of hydrogen-bond donors (Lipinski definition) is 1. The van der Waals surface area contributed by atoms with Crippen LogP contribution in [0.1, 0.15) is 51.5 Å². The summed E-state index contributed by atoms with van der Waals surface area (Å²) in [6.07, 6.45) is 6.53. The number of rotatable bonds is 8. The van der Waals surface area contributed by atoms with E-state index in [4.69, 9.17) is 11.6 Å².